The van der Waals surface area contributed by atoms with Crippen molar-refractivity contribution in [3.05, 3.63) is 0 Å². The van der Waals surface area contributed by atoms with Gasteiger partial charge in [-0.25, -0.2) is 0 Å². The van der Waals surface area contributed by atoms with E-state index in [9.17, 15) is 14.4 Å². The van der Waals surface area contributed by atoms with E-state index in [-0.39, 0.29) is 31.1 Å². The number of rotatable bonds is 49. The van der Waals surface area contributed by atoms with Gasteiger partial charge in [0.1, 0.15) is 13.2 Å². The SMILES string of the molecule is CCCCCCCCCCCCCCCCCCCCCC(=O)OC[C@@H](COC(=O)CCCCCCCCCCCCC(C)CC)OC(=O)CCCCCCCCC(C)CC. The molecule has 0 spiro atoms. The minimum absolute atomic E-state index is 0.0645. The summed E-state index contributed by atoms with van der Waals surface area (Å²) in [5, 5.41) is 0. The van der Waals surface area contributed by atoms with Gasteiger partial charge in [0.05, 0.1) is 0 Å². The Labute approximate surface area is 380 Å². The Morgan fingerprint density at radius 3 is 0.852 bits per heavy atom. The van der Waals surface area contributed by atoms with Crippen molar-refractivity contribution >= 4 is 17.9 Å². The Kier molecular flexibility index (Phi) is 46.6. The van der Waals surface area contributed by atoms with Crippen LogP contribution in [-0.2, 0) is 28.6 Å². The Hall–Kier alpha value is -1.59. The second-order valence-corrected chi connectivity index (χ2v) is 19.4. The first-order valence-corrected chi connectivity index (χ1v) is 27.3. The average molecular weight is 863 g/mol. The van der Waals surface area contributed by atoms with Crippen LogP contribution in [0, 0.1) is 11.8 Å². The molecule has 6 nitrogen and oxygen atoms in total. The third-order valence-corrected chi connectivity index (χ3v) is 13.2. The van der Waals surface area contributed by atoms with Crippen LogP contribution in [0.1, 0.15) is 304 Å². The van der Waals surface area contributed by atoms with Crippen molar-refractivity contribution in [2.75, 3.05) is 13.2 Å². The van der Waals surface area contributed by atoms with Crippen LogP contribution in [0.15, 0.2) is 0 Å². The van der Waals surface area contributed by atoms with Crippen LogP contribution in [-0.4, -0.2) is 37.2 Å². The first kappa shape index (κ1) is 59.4. The van der Waals surface area contributed by atoms with E-state index in [0.29, 0.717) is 19.3 Å². The fourth-order valence-electron chi connectivity index (χ4n) is 8.28. The van der Waals surface area contributed by atoms with Crippen LogP contribution in [0.3, 0.4) is 0 Å². The molecule has 3 atom stereocenters. The maximum Gasteiger partial charge on any atom is 0.306 e. The van der Waals surface area contributed by atoms with Gasteiger partial charge in [-0.1, -0.05) is 266 Å². The molecule has 0 aliphatic heterocycles. The van der Waals surface area contributed by atoms with Crippen LogP contribution in [0.5, 0.6) is 0 Å². The first-order chi connectivity index (χ1) is 29.8. The average Bonchev–Trinajstić information content (AvgIpc) is 3.26. The second-order valence-electron chi connectivity index (χ2n) is 19.4. The lowest BCUT2D eigenvalue weighted by Crippen LogP contribution is -2.30. The molecule has 0 amide bonds. The standard InChI is InChI=1S/C55H106O6/c1-6-9-10-11-12-13-14-15-16-17-18-19-20-21-22-26-29-35-40-45-53(56)59-48-52(61-55(58)47-42-37-32-31-34-39-44-51(5)8-3)49-60-54(57)46-41-36-30-27-24-23-25-28-33-38-43-50(4)7-2/h50-52H,6-49H2,1-5H3/t50?,51?,52-/m0/s1. The van der Waals surface area contributed by atoms with Crippen molar-refractivity contribution in [2.45, 2.75) is 310 Å². The molecule has 0 saturated carbocycles. The zero-order chi connectivity index (χ0) is 44.7. The third kappa shape index (κ3) is 46.2. The van der Waals surface area contributed by atoms with Gasteiger partial charge >= 0.3 is 17.9 Å². The van der Waals surface area contributed by atoms with Gasteiger partial charge in [0.2, 0.25) is 0 Å². The number of carbonyl (C=O) groups excluding carboxylic acids is 3. The summed E-state index contributed by atoms with van der Waals surface area (Å²) in [5.74, 6) is 0.830. The number of unbranched alkanes of at least 4 members (excludes halogenated alkanes) is 32. The van der Waals surface area contributed by atoms with Gasteiger partial charge in [0, 0.05) is 19.3 Å². The zero-order valence-corrected chi connectivity index (χ0v) is 41.8. The zero-order valence-electron chi connectivity index (χ0n) is 41.8. The normalized spacial score (nSPS) is 12.9. The van der Waals surface area contributed by atoms with E-state index in [0.717, 1.165) is 69.6 Å². The smallest absolute Gasteiger partial charge is 0.306 e. The summed E-state index contributed by atoms with van der Waals surface area (Å²) in [6, 6.07) is 0. The summed E-state index contributed by atoms with van der Waals surface area (Å²) in [4.78, 5) is 38.0. The minimum Gasteiger partial charge on any atom is -0.462 e. The van der Waals surface area contributed by atoms with E-state index in [1.165, 1.54) is 193 Å². The van der Waals surface area contributed by atoms with Crippen molar-refractivity contribution in [1.29, 1.82) is 0 Å². The summed E-state index contributed by atoms with van der Waals surface area (Å²) in [7, 11) is 0. The molecule has 0 fully saturated rings. The third-order valence-electron chi connectivity index (χ3n) is 13.2. The van der Waals surface area contributed by atoms with E-state index in [4.69, 9.17) is 14.2 Å². The van der Waals surface area contributed by atoms with E-state index in [2.05, 4.69) is 34.6 Å². The van der Waals surface area contributed by atoms with E-state index in [1.54, 1.807) is 0 Å². The molecule has 362 valence electrons. The molecule has 0 aromatic heterocycles. The lowest BCUT2D eigenvalue weighted by Gasteiger charge is -2.18. The summed E-state index contributed by atoms with van der Waals surface area (Å²) < 4.78 is 16.8. The number of carbonyl (C=O) groups is 3. The van der Waals surface area contributed by atoms with Crippen molar-refractivity contribution in [2.24, 2.45) is 11.8 Å². The molecule has 0 aromatic carbocycles. The van der Waals surface area contributed by atoms with Gasteiger partial charge in [-0.05, 0) is 31.1 Å². The second kappa shape index (κ2) is 47.9. The van der Waals surface area contributed by atoms with Crippen molar-refractivity contribution in [3.63, 3.8) is 0 Å². The quantitative estimate of drug-likeness (QED) is 0.0344. The maximum absolute atomic E-state index is 12.8. The van der Waals surface area contributed by atoms with Gasteiger partial charge < -0.3 is 14.2 Å². The number of ether oxygens (including phenoxy) is 3. The van der Waals surface area contributed by atoms with Crippen LogP contribution >= 0.6 is 0 Å². The fraction of sp³-hybridized carbons (Fsp3) is 0.945. The molecule has 0 aliphatic carbocycles. The van der Waals surface area contributed by atoms with Gasteiger partial charge in [-0.2, -0.15) is 0 Å². The van der Waals surface area contributed by atoms with E-state index >= 15 is 0 Å². The molecule has 2 unspecified atom stereocenters. The van der Waals surface area contributed by atoms with Crippen molar-refractivity contribution in [1.82, 2.24) is 0 Å². The Bertz CT molecular complexity index is 935. The highest BCUT2D eigenvalue weighted by molar-refractivity contribution is 5.71. The summed E-state index contributed by atoms with van der Waals surface area (Å²) in [6.07, 6.45) is 49.5. The Balaban J connectivity index is 4.24. The predicted molar refractivity (Wildman–Crippen MR) is 261 cm³/mol. The maximum atomic E-state index is 12.8. The molecule has 0 radical (unpaired) electrons. The van der Waals surface area contributed by atoms with Gasteiger partial charge in [0.15, 0.2) is 6.10 Å². The van der Waals surface area contributed by atoms with Crippen molar-refractivity contribution in [3.8, 4) is 0 Å². The van der Waals surface area contributed by atoms with E-state index < -0.39 is 6.10 Å². The van der Waals surface area contributed by atoms with Crippen LogP contribution in [0.4, 0.5) is 0 Å². The molecule has 6 heteroatoms. The number of hydrogen-bond acceptors (Lipinski definition) is 6. The summed E-state index contributed by atoms with van der Waals surface area (Å²) in [5.41, 5.74) is 0. The Morgan fingerprint density at radius 2 is 0.574 bits per heavy atom. The molecule has 0 heterocycles. The molecule has 0 N–H and O–H groups in total. The van der Waals surface area contributed by atoms with Crippen molar-refractivity contribution < 1.29 is 28.6 Å². The number of hydrogen-bond donors (Lipinski definition) is 0. The van der Waals surface area contributed by atoms with Crippen LogP contribution in [0.25, 0.3) is 0 Å². The Morgan fingerprint density at radius 1 is 0.328 bits per heavy atom. The van der Waals surface area contributed by atoms with Gasteiger partial charge in [-0.3, -0.25) is 14.4 Å². The molecule has 0 aromatic rings. The summed E-state index contributed by atoms with van der Waals surface area (Å²) >= 11 is 0. The predicted octanol–water partition coefficient (Wildman–Crippen LogP) is 17.7. The van der Waals surface area contributed by atoms with E-state index in [1.807, 2.05) is 0 Å². The highest BCUT2D eigenvalue weighted by Gasteiger charge is 2.19. The molecule has 0 bridgehead atoms. The van der Waals surface area contributed by atoms with Crippen LogP contribution < -0.4 is 0 Å². The summed E-state index contributed by atoms with van der Waals surface area (Å²) in [6.45, 7) is 11.4. The molecular weight excluding hydrogens is 757 g/mol. The van der Waals surface area contributed by atoms with Gasteiger partial charge in [0.25, 0.3) is 0 Å². The lowest BCUT2D eigenvalue weighted by atomic mass is 9.99. The monoisotopic (exact) mass is 863 g/mol. The largest absolute Gasteiger partial charge is 0.462 e. The first-order valence-electron chi connectivity index (χ1n) is 27.3. The topological polar surface area (TPSA) is 78.9 Å². The molecule has 0 saturated heterocycles. The highest BCUT2D eigenvalue weighted by Crippen LogP contribution is 2.18. The molecule has 61 heavy (non-hydrogen) atoms. The fourth-order valence-corrected chi connectivity index (χ4v) is 8.28. The van der Waals surface area contributed by atoms with Gasteiger partial charge in [-0.15, -0.1) is 0 Å². The molecular formula is C55H106O6. The minimum atomic E-state index is -0.763. The lowest BCUT2D eigenvalue weighted by molar-refractivity contribution is -0.167. The van der Waals surface area contributed by atoms with Crippen LogP contribution in [0.2, 0.25) is 0 Å². The number of esters is 3. The molecule has 0 rings (SSSR count). The highest BCUT2D eigenvalue weighted by atomic mass is 16.6. The molecule has 0 aliphatic rings.